The van der Waals surface area contributed by atoms with Crippen molar-refractivity contribution < 1.29 is 0 Å². The van der Waals surface area contributed by atoms with Crippen LogP contribution in [0.1, 0.15) is 61.6 Å². The summed E-state index contributed by atoms with van der Waals surface area (Å²) in [6.07, 6.45) is 15.4. The van der Waals surface area contributed by atoms with Crippen LogP contribution in [-0.2, 0) is 5.41 Å². The maximum atomic E-state index is 2.57. The van der Waals surface area contributed by atoms with Gasteiger partial charge in [-0.1, -0.05) is 201 Å². The van der Waals surface area contributed by atoms with Crippen LogP contribution in [0, 0.1) is 0 Å². The second-order valence-corrected chi connectivity index (χ2v) is 18.9. The van der Waals surface area contributed by atoms with Gasteiger partial charge in [0.1, 0.15) is 0 Å². The number of nitrogens with zero attached hydrogens (tertiary/aromatic N) is 2. The average Bonchev–Trinajstić information content (AvgIpc) is 3.89. The van der Waals surface area contributed by atoms with Crippen LogP contribution >= 0.6 is 0 Å². The molecular formula is C66H52N2. The highest BCUT2D eigenvalue weighted by molar-refractivity contribution is 6.10. The Morgan fingerprint density at radius 1 is 0.412 bits per heavy atom. The number of para-hydroxylation sites is 3. The molecule has 10 aromatic rings. The fraction of sp³-hybridized carbons (Fsp3) is 0.121. The molecule has 0 N–H and O–H groups in total. The van der Waals surface area contributed by atoms with E-state index in [0.29, 0.717) is 0 Å². The van der Waals surface area contributed by atoms with Crippen molar-refractivity contribution in [2.75, 3.05) is 4.90 Å². The number of benzene rings is 9. The Labute approximate surface area is 399 Å². The van der Waals surface area contributed by atoms with Gasteiger partial charge in [-0.2, -0.15) is 0 Å². The van der Waals surface area contributed by atoms with Gasteiger partial charge in [-0.25, -0.2) is 0 Å². The monoisotopic (exact) mass is 872 g/mol. The topological polar surface area (TPSA) is 8.17 Å². The van der Waals surface area contributed by atoms with Gasteiger partial charge in [-0.15, -0.1) is 0 Å². The average molecular weight is 873 g/mol. The van der Waals surface area contributed by atoms with Gasteiger partial charge >= 0.3 is 0 Å². The van der Waals surface area contributed by atoms with Gasteiger partial charge in [0.15, 0.2) is 0 Å². The number of fused-ring (bicyclic) bond motifs is 8. The lowest BCUT2D eigenvalue weighted by Crippen LogP contribution is -2.28. The van der Waals surface area contributed by atoms with E-state index in [0.717, 1.165) is 24.2 Å². The van der Waals surface area contributed by atoms with Crippen LogP contribution in [0.2, 0.25) is 0 Å². The first kappa shape index (κ1) is 40.3. The smallest absolute Gasteiger partial charge is 0.0547 e. The van der Waals surface area contributed by atoms with Gasteiger partial charge in [0.05, 0.1) is 22.4 Å². The van der Waals surface area contributed by atoms with Gasteiger partial charge in [-0.3, -0.25) is 0 Å². The molecule has 0 saturated heterocycles. The minimum absolute atomic E-state index is 0.0364. The summed E-state index contributed by atoms with van der Waals surface area (Å²) < 4.78 is 2.41. The third kappa shape index (κ3) is 6.54. The normalized spacial score (nSPS) is 14.8. The zero-order valence-corrected chi connectivity index (χ0v) is 38.3. The second-order valence-electron chi connectivity index (χ2n) is 18.9. The van der Waals surface area contributed by atoms with Crippen LogP contribution in [0.15, 0.2) is 231 Å². The Morgan fingerprint density at radius 2 is 1.01 bits per heavy atom. The molecule has 0 bridgehead atoms. The first-order valence-corrected chi connectivity index (χ1v) is 24.6. The van der Waals surface area contributed by atoms with Crippen molar-refractivity contribution in [2.45, 2.75) is 50.4 Å². The molecule has 2 nitrogen and oxygen atoms in total. The molecule has 0 unspecified atom stereocenters. The van der Waals surface area contributed by atoms with E-state index < -0.39 is 0 Å². The van der Waals surface area contributed by atoms with Crippen molar-refractivity contribution in [1.82, 2.24) is 4.57 Å². The molecule has 13 rings (SSSR count). The molecule has 1 fully saturated rings. The van der Waals surface area contributed by atoms with Gasteiger partial charge in [0, 0.05) is 38.7 Å². The fourth-order valence-electron chi connectivity index (χ4n) is 12.2. The number of hydrogen-bond acceptors (Lipinski definition) is 1. The molecule has 1 heterocycles. The lowest BCUT2D eigenvalue weighted by molar-refractivity contribution is 0.353. The van der Waals surface area contributed by atoms with Crippen LogP contribution in [0.5, 0.6) is 0 Å². The maximum absolute atomic E-state index is 2.57. The van der Waals surface area contributed by atoms with E-state index >= 15 is 0 Å². The van der Waals surface area contributed by atoms with E-state index in [2.05, 4.69) is 240 Å². The summed E-state index contributed by atoms with van der Waals surface area (Å²) in [7, 11) is 0. The largest absolute Gasteiger partial charge is 0.309 e. The van der Waals surface area contributed by atoms with Crippen molar-refractivity contribution in [2.24, 2.45) is 0 Å². The summed E-state index contributed by atoms with van der Waals surface area (Å²) in [5, 5.41) is 2.53. The number of hydrogen-bond donors (Lipinski definition) is 0. The summed E-state index contributed by atoms with van der Waals surface area (Å²) in [4.78, 5) is 2.57. The molecule has 1 spiro atoms. The molecule has 0 atom stereocenters. The van der Waals surface area contributed by atoms with E-state index in [4.69, 9.17) is 0 Å². The van der Waals surface area contributed by atoms with Gasteiger partial charge in [0.25, 0.3) is 0 Å². The van der Waals surface area contributed by atoms with E-state index in [1.165, 1.54) is 132 Å². The first-order valence-electron chi connectivity index (χ1n) is 24.6. The Kier molecular flexibility index (Phi) is 9.93. The van der Waals surface area contributed by atoms with Crippen molar-refractivity contribution >= 4 is 44.4 Å². The van der Waals surface area contributed by atoms with Gasteiger partial charge in [0.2, 0.25) is 0 Å². The van der Waals surface area contributed by atoms with Gasteiger partial charge < -0.3 is 9.47 Å². The van der Waals surface area contributed by atoms with Crippen LogP contribution in [0.25, 0.3) is 77.6 Å². The molecular weight excluding hydrogens is 821 g/mol. The Balaban J connectivity index is 1.00. The summed E-state index contributed by atoms with van der Waals surface area (Å²) >= 11 is 0. The van der Waals surface area contributed by atoms with Crippen LogP contribution < -0.4 is 4.90 Å². The fourth-order valence-corrected chi connectivity index (χ4v) is 12.2. The van der Waals surface area contributed by atoms with E-state index in [-0.39, 0.29) is 5.41 Å². The van der Waals surface area contributed by atoms with E-state index in [9.17, 15) is 0 Å². The molecule has 68 heavy (non-hydrogen) atoms. The molecule has 326 valence electrons. The van der Waals surface area contributed by atoms with E-state index in [1.807, 2.05) is 0 Å². The first-order chi connectivity index (χ1) is 33.7. The Bertz CT molecular complexity index is 3600. The highest BCUT2D eigenvalue weighted by Gasteiger charge is 2.45. The van der Waals surface area contributed by atoms with Crippen molar-refractivity contribution in [3.8, 4) is 50.2 Å². The van der Waals surface area contributed by atoms with Crippen LogP contribution in [-0.4, -0.2) is 4.57 Å². The third-order valence-electron chi connectivity index (χ3n) is 15.3. The summed E-state index contributed by atoms with van der Waals surface area (Å²) in [6.45, 7) is 0. The molecule has 1 aromatic heterocycles. The highest BCUT2D eigenvalue weighted by atomic mass is 15.1. The Morgan fingerprint density at radius 3 is 1.79 bits per heavy atom. The molecule has 0 radical (unpaired) electrons. The van der Waals surface area contributed by atoms with Crippen molar-refractivity contribution in [3.05, 3.63) is 247 Å². The molecule has 0 aliphatic heterocycles. The van der Waals surface area contributed by atoms with Gasteiger partial charge in [-0.05, 0) is 130 Å². The molecule has 9 aromatic carbocycles. The van der Waals surface area contributed by atoms with Crippen molar-refractivity contribution in [1.29, 1.82) is 0 Å². The quantitative estimate of drug-likeness (QED) is 0.148. The number of anilines is 3. The van der Waals surface area contributed by atoms with Crippen molar-refractivity contribution in [3.63, 3.8) is 0 Å². The zero-order chi connectivity index (χ0) is 45.0. The lowest BCUT2D eigenvalue weighted by Gasteiger charge is -2.36. The molecule has 3 aliphatic rings. The van der Waals surface area contributed by atoms with E-state index in [1.54, 1.807) is 0 Å². The number of aromatic nitrogens is 1. The standard InChI is InChI=1S/C66H52N2/c1-4-21-47(22-5-1)51-25-8-9-26-52(51)53-27-10-11-28-54(53)55-29-13-16-34-61(55)67(63-36-20-33-60-65(63)58-31-12-15-32-59(58)66(60)43-18-3-19-44-66)50-40-37-46(38-41-50)48-39-42-57-56-30-14-17-35-62(56)68(64(57)45-48)49-23-6-2-7-24-49/h2,4,6-17,20-42,45H,1,3,5,18-19,43-44H2. The van der Waals surface area contributed by atoms with Crippen LogP contribution in [0.4, 0.5) is 17.1 Å². The number of allylic oxidation sites excluding steroid dienone is 4. The molecule has 0 amide bonds. The number of rotatable bonds is 8. The Hall–Kier alpha value is -7.94. The lowest BCUT2D eigenvalue weighted by atomic mass is 9.68. The molecule has 3 aliphatic carbocycles. The minimum atomic E-state index is 0.0364. The zero-order valence-electron chi connectivity index (χ0n) is 38.3. The predicted molar refractivity (Wildman–Crippen MR) is 287 cm³/mol. The maximum Gasteiger partial charge on any atom is 0.0547 e. The minimum Gasteiger partial charge on any atom is -0.309 e. The second kappa shape index (κ2) is 16.7. The predicted octanol–water partition coefficient (Wildman–Crippen LogP) is 18.2. The summed E-state index contributed by atoms with van der Waals surface area (Å²) in [5.41, 5.74) is 22.7. The third-order valence-corrected chi connectivity index (χ3v) is 15.3. The SMILES string of the molecule is C1=CC(c2ccccc2-c2ccccc2-c2ccccc2N(c2ccc(-c3ccc4c5ccccc5n(-c5ccccc5)c4c3)cc2)c2cccc3c2-c2ccccc2C32CCCCC2)=CCC1. The summed E-state index contributed by atoms with van der Waals surface area (Å²) in [5.74, 6) is 0. The van der Waals surface area contributed by atoms with Crippen LogP contribution in [0.3, 0.4) is 0 Å². The molecule has 1 saturated carbocycles. The molecule has 2 heteroatoms. The summed E-state index contributed by atoms with van der Waals surface area (Å²) in [6, 6.07) is 79.4. The highest BCUT2D eigenvalue weighted by Crippen LogP contribution is 2.59.